The lowest BCUT2D eigenvalue weighted by molar-refractivity contribution is 0.307. The third-order valence-corrected chi connectivity index (χ3v) is 2.74. The van der Waals surface area contributed by atoms with Crippen LogP contribution in [0.3, 0.4) is 0 Å². The number of ether oxygens (including phenoxy) is 1. The fourth-order valence-corrected chi connectivity index (χ4v) is 1.79. The average Bonchev–Trinajstić information content (AvgIpc) is 2.70. The van der Waals surface area contributed by atoms with Gasteiger partial charge in [0.15, 0.2) is 5.90 Å². The Balaban J connectivity index is 1.95. The third kappa shape index (κ3) is 2.83. The number of nitrogens with zero attached hydrogens (tertiary/aromatic N) is 1. The lowest BCUT2D eigenvalue weighted by Crippen LogP contribution is -2.12. The van der Waals surface area contributed by atoms with Crippen molar-refractivity contribution in [1.82, 2.24) is 0 Å². The Labute approximate surface area is 96.3 Å². The predicted octanol–water partition coefficient (Wildman–Crippen LogP) is 1.68. The monoisotopic (exact) mass is 218 g/mol. The van der Waals surface area contributed by atoms with Gasteiger partial charge in [0.2, 0.25) is 0 Å². The summed E-state index contributed by atoms with van der Waals surface area (Å²) in [4.78, 5) is 4.51. The van der Waals surface area contributed by atoms with Gasteiger partial charge in [-0.15, -0.1) is 0 Å². The summed E-state index contributed by atoms with van der Waals surface area (Å²) in [5.41, 5.74) is 8.02. The minimum absolute atomic E-state index is 0.269. The maximum absolute atomic E-state index is 5.55. The fraction of sp³-hybridized carbons (Fsp3) is 0.462. The van der Waals surface area contributed by atoms with Crippen molar-refractivity contribution in [3.8, 4) is 0 Å². The van der Waals surface area contributed by atoms with Gasteiger partial charge in [0.1, 0.15) is 6.61 Å². The lowest BCUT2D eigenvalue weighted by Gasteiger charge is -2.02. The van der Waals surface area contributed by atoms with E-state index in [9.17, 15) is 0 Å². The molecule has 0 saturated heterocycles. The predicted molar refractivity (Wildman–Crippen MR) is 65.7 cm³/mol. The summed E-state index contributed by atoms with van der Waals surface area (Å²) in [7, 11) is 0. The number of hydrogen-bond donors (Lipinski definition) is 1. The number of aryl methyl sites for hydroxylation is 1. The second kappa shape index (κ2) is 5.12. The Morgan fingerprint density at radius 2 is 2.12 bits per heavy atom. The molecule has 1 unspecified atom stereocenters. The normalized spacial score (nSPS) is 19.4. The molecule has 1 aliphatic heterocycles. The molecule has 0 spiro atoms. The van der Waals surface area contributed by atoms with Crippen molar-refractivity contribution < 1.29 is 4.74 Å². The van der Waals surface area contributed by atoms with Crippen molar-refractivity contribution in [3.63, 3.8) is 0 Å². The Bertz CT molecular complexity index is 370. The maximum Gasteiger partial charge on any atom is 0.188 e. The van der Waals surface area contributed by atoms with Gasteiger partial charge in [-0.2, -0.15) is 0 Å². The standard InChI is InChI=1S/C13H18N2O/c1-10-2-4-11(5-3-10)8-13-15-12(6-7-14)9-16-13/h2-5,12H,6-9,14H2,1H3. The van der Waals surface area contributed by atoms with Crippen LogP contribution in [0.4, 0.5) is 0 Å². The molecule has 1 aromatic carbocycles. The largest absolute Gasteiger partial charge is 0.478 e. The average molecular weight is 218 g/mol. The number of aliphatic imine (C=N–C) groups is 1. The molecule has 0 saturated carbocycles. The van der Waals surface area contributed by atoms with Gasteiger partial charge in [-0.25, -0.2) is 4.99 Å². The highest BCUT2D eigenvalue weighted by atomic mass is 16.5. The first kappa shape index (κ1) is 11.1. The summed E-state index contributed by atoms with van der Waals surface area (Å²) in [6.07, 6.45) is 1.71. The number of benzene rings is 1. The van der Waals surface area contributed by atoms with Gasteiger partial charge in [-0.3, -0.25) is 0 Å². The van der Waals surface area contributed by atoms with Gasteiger partial charge in [-0.05, 0) is 25.5 Å². The first-order valence-electron chi connectivity index (χ1n) is 5.73. The molecular formula is C13H18N2O. The SMILES string of the molecule is Cc1ccc(CC2=NC(CCN)CO2)cc1. The molecule has 0 aliphatic carbocycles. The fourth-order valence-electron chi connectivity index (χ4n) is 1.79. The van der Waals surface area contributed by atoms with E-state index >= 15 is 0 Å². The molecule has 1 aliphatic rings. The lowest BCUT2D eigenvalue weighted by atomic mass is 10.1. The molecule has 1 heterocycles. The Morgan fingerprint density at radius 1 is 1.38 bits per heavy atom. The van der Waals surface area contributed by atoms with Crippen LogP contribution >= 0.6 is 0 Å². The van der Waals surface area contributed by atoms with E-state index in [1.165, 1.54) is 11.1 Å². The van der Waals surface area contributed by atoms with E-state index in [1.54, 1.807) is 0 Å². The molecule has 0 amide bonds. The zero-order valence-electron chi connectivity index (χ0n) is 9.65. The van der Waals surface area contributed by atoms with Crippen molar-refractivity contribution in [1.29, 1.82) is 0 Å². The van der Waals surface area contributed by atoms with E-state index < -0.39 is 0 Å². The van der Waals surface area contributed by atoms with E-state index in [2.05, 4.69) is 36.2 Å². The van der Waals surface area contributed by atoms with E-state index in [0.29, 0.717) is 13.2 Å². The van der Waals surface area contributed by atoms with Crippen molar-refractivity contribution in [2.45, 2.75) is 25.8 Å². The highest BCUT2D eigenvalue weighted by Crippen LogP contribution is 2.12. The third-order valence-electron chi connectivity index (χ3n) is 2.74. The summed E-state index contributed by atoms with van der Waals surface area (Å²) in [6, 6.07) is 8.74. The topological polar surface area (TPSA) is 47.6 Å². The van der Waals surface area contributed by atoms with Gasteiger partial charge in [0.05, 0.1) is 6.04 Å². The molecular weight excluding hydrogens is 200 g/mol. The van der Waals surface area contributed by atoms with Crippen LogP contribution in [0.2, 0.25) is 0 Å². The first-order chi connectivity index (χ1) is 7.78. The molecule has 1 atom stereocenters. The van der Waals surface area contributed by atoms with Crippen LogP contribution in [0, 0.1) is 6.92 Å². The van der Waals surface area contributed by atoms with Crippen molar-refractivity contribution in [2.75, 3.05) is 13.2 Å². The summed E-state index contributed by atoms with van der Waals surface area (Å²) in [5, 5.41) is 0. The van der Waals surface area contributed by atoms with Crippen LogP contribution in [-0.4, -0.2) is 25.1 Å². The van der Waals surface area contributed by atoms with E-state index in [0.717, 1.165) is 18.7 Å². The van der Waals surface area contributed by atoms with Gasteiger partial charge < -0.3 is 10.5 Å². The molecule has 3 heteroatoms. The van der Waals surface area contributed by atoms with Crippen LogP contribution in [0.25, 0.3) is 0 Å². The molecule has 2 N–H and O–H groups in total. The highest BCUT2D eigenvalue weighted by molar-refractivity contribution is 5.80. The quantitative estimate of drug-likeness (QED) is 0.836. The summed E-state index contributed by atoms with van der Waals surface area (Å²) < 4.78 is 5.55. The van der Waals surface area contributed by atoms with Crippen LogP contribution in [0.1, 0.15) is 17.5 Å². The van der Waals surface area contributed by atoms with Crippen LogP contribution in [0.5, 0.6) is 0 Å². The number of hydrogen-bond acceptors (Lipinski definition) is 3. The molecule has 0 bridgehead atoms. The smallest absolute Gasteiger partial charge is 0.188 e. The summed E-state index contributed by atoms with van der Waals surface area (Å²) in [6.45, 7) is 3.46. The first-order valence-corrected chi connectivity index (χ1v) is 5.73. The minimum atomic E-state index is 0.269. The molecule has 1 aromatic rings. The zero-order chi connectivity index (χ0) is 11.4. The zero-order valence-corrected chi connectivity index (χ0v) is 9.65. The summed E-state index contributed by atoms with van der Waals surface area (Å²) in [5.74, 6) is 0.849. The van der Waals surface area contributed by atoms with Gasteiger partial charge >= 0.3 is 0 Å². The Kier molecular flexibility index (Phi) is 3.57. The van der Waals surface area contributed by atoms with Crippen molar-refractivity contribution in [3.05, 3.63) is 35.4 Å². The van der Waals surface area contributed by atoms with Crippen LogP contribution in [0.15, 0.2) is 29.3 Å². The molecule has 0 aromatic heterocycles. The van der Waals surface area contributed by atoms with E-state index in [4.69, 9.17) is 10.5 Å². The van der Waals surface area contributed by atoms with E-state index in [1.807, 2.05) is 0 Å². The number of rotatable bonds is 4. The second-order valence-corrected chi connectivity index (χ2v) is 4.23. The van der Waals surface area contributed by atoms with Crippen LogP contribution in [-0.2, 0) is 11.2 Å². The van der Waals surface area contributed by atoms with Gasteiger partial charge in [0, 0.05) is 6.42 Å². The molecule has 0 radical (unpaired) electrons. The molecule has 16 heavy (non-hydrogen) atoms. The number of nitrogens with two attached hydrogens (primary N) is 1. The molecule has 3 nitrogen and oxygen atoms in total. The van der Waals surface area contributed by atoms with Crippen molar-refractivity contribution >= 4 is 5.90 Å². The van der Waals surface area contributed by atoms with E-state index in [-0.39, 0.29) is 6.04 Å². The molecule has 86 valence electrons. The molecule has 2 rings (SSSR count). The minimum Gasteiger partial charge on any atom is -0.478 e. The summed E-state index contributed by atoms with van der Waals surface area (Å²) >= 11 is 0. The Hall–Kier alpha value is -1.35. The Morgan fingerprint density at radius 3 is 2.81 bits per heavy atom. The van der Waals surface area contributed by atoms with Gasteiger partial charge in [0.25, 0.3) is 0 Å². The highest BCUT2D eigenvalue weighted by Gasteiger charge is 2.17. The van der Waals surface area contributed by atoms with Gasteiger partial charge in [-0.1, -0.05) is 29.8 Å². The maximum atomic E-state index is 5.55. The van der Waals surface area contributed by atoms with Crippen LogP contribution < -0.4 is 5.73 Å². The van der Waals surface area contributed by atoms with Crippen molar-refractivity contribution in [2.24, 2.45) is 10.7 Å². The second-order valence-electron chi connectivity index (χ2n) is 4.23. The molecule has 0 fully saturated rings.